The third kappa shape index (κ3) is 4.23. The fourth-order valence-corrected chi connectivity index (χ4v) is 2.17. The molecule has 1 aliphatic heterocycles. The van der Waals surface area contributed by atoms with Gasteiger partial charge in [-0.1, -0.05) is 0 Å². The van der Waals surface area contributed by atoms with E-state index in [0.29, 0.717) is 12.2 Å². The minimum absolute atomic E-state index is 0.204. The maximum absolute atomic E-state index is 12.0. The van der Waals surface area contributed by atoms with E-state index >= 15 is 0 Å². The molecule has 1 aromatic rings. The van der Waals surface area contributed by atoms with Crippen molar-refractivity contribution in [1.29, 1.82) is 0 Å². The van der Waals surface area contributed by atoms with Crippen molar-refractivity contribution in [2.45, 2.75) is 39.2 Å². The summed E-state index contributed by atoms with van der Waals surface area (Å²) < 4.78 is 10.7. The summed E-state index contributed by atoms with van der Waals surface area (Å²) in [5.74, 6) is -0.282. The maximum Gasteiger partial charge on any atom is 0.338 e. The lowest BCUT2D eigenvalue weighted by Gasteiger charge is -2.20. The van der Waals surface area contributed by atoms with Crippen LogP contribution >= 0.6 is 0 Å². The third-order valence-corrected chi connectivity index (χ3v) is 3.13. The van der Waals surface area contributed by atoms with Gasteiger partial charge in [0.05, 0.1) is 17.8 Å². The van der Waals surface area contributed by atoms with Crippen LogP contribution in [0.25, 0.3) is 0 Å². The number of nitrogens with one attached hydrogen (secondary N) is 1. The molecule has 4 heteroatoms. The molecule has 4 nitrogen and oxygen atoms in total. The van der Waals surface area contributed by atoms with Gasteiger partial charge in [0.15, 0.2) is 0 Å². The Kier molecular flexibility index (Phi) is 4.65. The molecule has 0 atom stereocenters. The van der Waals surface area contributed by atoms with Crippen LogP contribution in [0.5, 0.6) is 0 Å². The number of anilines is 1. The van der Waals surface area contributed by atoms with Gasteiger partial charge in [0, 0.05) is 12.2 Å². The summed E-state index contributed by atoms with van der Waals surface area (Å²) in [5, 5.41) is 3.33. The van der Waals surface area contributed by atoms with Crippen LogP contribution < -0.4 is 5.32 Å². The molecule has 1 aliphatic rings. The van der Waals surface area contributed by atoms with Crippen molar-refractivity contribution in [1.82, 2.24) is 0 Å². The Balaban J connectivity index is 1.86. The third-order valence-electron chi connectivity index (χ3n) is 3.13. The smallest absolute Gasteiger partial charge is 0.338 e. The Morgan fingerprint density at radius 2 is 2.10 bits per heavy atom. The van der Waals surface area contributed by atoms with Crippen LogP contribution in [0.3, 0.4) is 0 Å². The monoisotopic (exact) mass is 277 g/mol. The summed E-state index contributed by atoms with van der Waals surface area (Å²) >= 11 is 0. The van der Waals surface area contributed by atoms with Crippen LogP contribution in [0.4, 0.5) is 5.69 Å². The Morgan fingerprint density at radius 1 is 1.30 bits per heavy atom. The second-order valence-corrected chi connectivity index (χ2v) is 6.00. The first-order valence-corrected chi connectivity index (χ1v) is 7.13. The van der Waals surface area contributed by atoms with Gasteiger partial charge in [-0.25, -0.2) is 4.79 Å². The molecule has 2 rings (SSSR count). The number of aryl methyl sites for hydroxylation is 1. The van der Waals surface area contributed by atoms with E-state index in [0.717, 1.165) is 25.1 Å². The summed E-state index contributed by atoms with van der Waals surface area (Å²) in [6, 6.07) is 5.69. The van der Waals surface area contributed by atoms with Crippen molar-refractivity contribution >= 4 is 11.7 Å². The number of benzene rings is 1. The molecule has 0 fully saturated rings. The quantitative estimate of drug-likeness (QED) is 0.679. The first-order chi connectivity index (χ1) is 9.46. The van der Waals surface area contributed by atoms with Gasteiger partial charge in [-0.05, 0) is 57.4 Å². The van der Waals surface area contributed by atoms with Crippen molar-refractivity contribution in [2.75, 3.05) is 25.1 Å². The predicted molar refractivity (Wildman–Crippen MR) is 79.2 cm³/mol. The zero-order valence-electron chi connectivity index (χ0n) is 12.5. The van der Waals surface area contributed by atoms with Gasteiger partial charge in [-0.15, -0.1) is 0 Å². The van der Waals surface area contributed by atoms with E-state index in [-0.39, 0.29) is 18.2 Å². The van der Waals surface area contributed by atoms with Gasteiger partial charge in [0.1, 0.15) is 6.61 Å². The van der Waals surface area contributed by atoms with Crippen LogP contribution in [0, 0.1) is 0 Å². The number of ether oxygens (including phenoxy) is 2. The molecule has 1 N–H and O–H groups in total. The molecule has 0 amide bonds. The molecule has 0 unspecified atom stereocenters. The molecule has 1 aromatic carbocycles. The summed E-state index contributed by atoms with van der Waals surface area (Å²) in [7, 11) is 0. The van der Waals surface area contributed by atoms with Crippen LogP contribution in [-0.4, -0.2) is 31.3 Å². The van der Waals surface area contributed by atoms with Gasteiger partial charge < -0.3 is 14.8 Å². The van der Waals surface area contributed by atoms with Crippen molar-refractivity contribution in [3.8, 4) is 0 Å². The second-order valence-electron chi connectivity index (χ2n) is 6.00. The summed E-state index contributed by atoms with van der Waals surface area (Å²) in [6.07, 6.45) is 2.11. The lowest BCUT2D eigenvalue weighted by Crippen LogP contribution is -2.22. The number of fused-ring (bicyclic) bond motifs is 1. The first-order valence-electron chi connectivity index (χ1n) is 7.13. The molecular formula is C16H23NO3. The van der Waals surface area contributed by atoms with E-state index in [1.807, 2.05) is 39.0 Å². The topological polar surface area (TPSA) is 47.6 Å². The highest BCUT2D eigenvalue weighted by molar-refractivity contribution is 5.90. The van der Waals surface area contributed by atoms with Crippen molar-refractivity contribution < 1.29 is 14.3 Å². The maximum atomic E-state index is 12.0. The number of carbonyl (C=O) groups excluding carboxylic acids is 1. The van der Waals surface area contributed by atoms with Gasteiger partial charge >= 0.3 is 5.97 Å². The second kappa shape index (κ2) is 6.27. The van der Waals surface area contributed by atoms with E-state index in [2.05, 4.69) is 5.32 Å². The van der Waals surface area contributed by atoms with Gasteiger partial charge in [0.2, 0.25) is 0 Å². The molecule has 0 aromatic heterocycles. The molecule has 0 saturated carbocycles. The molecule has 1 heterocycles. The van der Waals surface area contributed by atoms with E-state index in [1.54, 1.807) is 0 Å². The Morgan fingerprint density at radius 3 is 2.85 bits per heavy atom. The zero-order valence-corrected chi connectivity index (χ0v) is 12.5. The summed E-state index contributed by atoms with van der Waals surface area (Å²) in [6.45, 7) is 7.63. The average molecular weight is 277 g/mol. The Bertz CT molecular complexity index is 477. The highest BCUT2D eigenvalue weighted by Gasteiger charge is 2.14. The SMILES string of the molecule is CC(C)(C)OCCOC(=O)c1ccc2c(c1)CCCN2. The average Bonchev–Trinajstić information content (AvgIpc) is 2.42. The number of esters is 1. The Labute approximate surface area is 120 Å². The van der Waals surface area contributed by atoms with Crippen LogP contribution in [0.15, 0.2) is 18.2 Å². The predicted octanol–water partition coefficient (Wildman–Crippen LogP) is 3.02. The lowest BCUT2D eigenvalue weighted by molar-refractivity contribution is -0.0281. The number of carbonyl (C=O) groups is 1. The molecule has 20 heavy (non-hydrogen) atoms. The molecular weight excluding hydrogens is 254 g/mol. The fourth-order valence-electron chi connectivity index (χ4n) is 2.17. The minimum atomic E-state index is -0.282. The lowest BCUT2D eigenvalue weighted by atomic mass is 10.0. The molecule has 0 spiro atoms. The van der Waals surface area contributed by atoms with Crippen LogP contribution in [0.2, 0.25) is 0 Å². The Hall–Kier alpha value is -1.55. The fraction of sp³-hybridized carbons (Fsp3) is 0.562. The van der Waals surface area contributed by atoms with Gasteiger partial charge in [0.25, 0.3) is 0 Å². The summed E-state index contributed by atoms with van der Waals surface area (Å²) in [5.41, 5.74) is 2.73. The number of hydrogen-bond donors (Lipinski definition) is 1. The standard InChI is InChI=1S/C16H23NO3/c1-16(2,3)20-10-9-19-15(18)13-6-7-14-12(11-13)5-4-8-17-14/h6-7,11,17H,4-5,8-10H2,1-3H3. The van der Waals surface area contributed by atoms with Gasteiger partial charge in [-0.2, -0.15) is 0 Å². The minimum Gasteiger partial charge on any atom is -0.460 e. The van der Waals surface area contributed by atoms with Gasteiger partial charge in [-0.3, -0.25) is 0 Å². The normalized spacial score (nSPS) is 14.3. The largest absolute Gasteiger partial charge is 0.460 e. The number of hydrogen-bond acceptors (Lipinski definition) is 4. The van der Waals surface area contributed by atoms with E-state index in [1.165, 1.54) is 5.56 Å². The van der Waals surface area contributed by atoms with E-state index < -0.39 is 0 Å². The first kappa shape index (κ1) is 14.9. The van der Waals surface area contributed by atoms with E-state index in [4.69, 9.17) is 9.47 Å². The molecule has 0 aliphatic carbocycles. The van der Waals surface area contributed by atoms with Crippen molar-refractivity contribution in [3.05, 3.63) is 29.3 Å². The molecule has 0 saturated heterocycles. The molecule has 110 valence electrons. The molecule has 0 radical (unpaired) electrons. The highest BCUT2D eigenvalue weighted by Crippen LogP contribution is 2.23. The van der Waals surface area contributed by atoms with E-state index in [9.17, 15) is 4.79 Å². The van der Waals surface area contributed by atoms with Crippen LogP contribution in [-0.2, 0) is 15.9 Å². The van der Waals surface area contributed by atoms with Crippen molar-refractivity contribution in [2.24, 2.45) is 0 Å². The number of rotatable bonds is 4. The highest BCUT2D eigenvalue weighted by atomic mass is 16.6. The van der Waals surface area contributed by atoms with Crippen molar-refractivity contribution in [3.63, 3.8) is 0 Å². The molecule has 0 bridgehead atoms. The summed E-state index contributed by atoms with van der Waals surface area (Å²) in [4.78, 5) is 12.0. The van der Waals surface area contributed by atoms with Crippen LogP contribution in [0.1, 0.15) is 43.1 Å². The zero-order chi connectivity index (χ0) is 14.6.